The van der Waals surface area contributed by atoms with Gasteiger partial charge in [-0.3, -0.25) is 0 Å². The van der Waals surface area contributed by atoms with Crippen LogP contribution in [-0.4, -0.2) is 3.72 Å². The topological polar surface area (TPSA) is 12.4 Å². The minimum atomic E-state index is 1.01. The number of benzene rings is 1. The summed E-state index contributed by atoms with van der Waals surface area (Å²) in [6, 6.07) is 10.0. The zero-order valence-corrected chi connectivity index (χ0v) is 8.58. The lowest BCUT2D eigenvalue weighted by Gasteiger charge is -1.93. The first-order valence-electron chi connectivity index (χ1n) is 3.61. The maximum atomic E-state index is 4.38. The number of para-hydroxylation sites is 1. The summed E-state index contributed by atoms with van der Waals surface area (Å²) in [6.07, 6.45) is 1.01. The molecule has 0 bridgehead atoms. The molecule has 1 nitrogen and oxygen atoms in total. The number of hydrogen-bond donors (Lipinski definition) is 0. The average Bonchev–Trinajstić information content (AvgIpc) is 2.06. The lowest BCUT2D eigenvalue weighted by Crippen LogP contribution is -1.78. The Morgan fingerprint density at radius 1 is 1.36 bits per heavy atom. The van der Waals surface area contributed by atoms with Gasteiger partial charge in [0, 0.05) is 0 Å². The van der Waals surface area contributed by atoms with Crippen LogP contribution in [0.4, 0.5) is 5.69 Å². The van der Waals surface area contributed by atoms with Crippen LogP contribution in [0, 0.1) is 0 Å². The summed E-state index contributed by atoms with van der Waals surface area (Å²) in [7, 11) is 0. The van der Waals surface area contributed by atoms with Crippen molar-refractivity contribution < 1.29 is 0 Å². The molecule has 0 amide bonds. The molecule has 0 spiro atoms. The van der Waals surface area contributed by atoms with E-state index in [4.69, 9.17) is 0 Å². The summed E-state index contributed by atoms with van der Waals surface area (Å²) in [5.41, 5.74) is 1.04. The Hall–Kier alpha value is -0.380. The number of hydrogen-bond acceptors (Lipinski definition) is 1. The Kier molecular flexibility index (Phi) is 3.56. The normalized spacial score (nSPS) is 11.6. The van der Waals surface area contributed by atoms with Gasteiger partial charge in [0.05, 0.1) is 9.41 Å². The highest BCUT2D eigenvalue weighted by molar-refractivity contribution is 14.1. The molecule has 2 heteroatoms. The maximum Gasteiger partial charge on any atom is 0.0788 e. The van der Waals surface area contributed by atoms with Crippen molar-refractivity contribution in [3.05, 3.63) is 30.3 Å². The number of nitrogens with zero attached hydrogens (tertiary/aromatic N) is 1. The zero-order valence-electron chi connectivity index (χ0n) is 6.42. The van der Waals surface area contributed by atoms with Crippen LogP contribution in [0.25, 0.3) is 0 Å². The fourth-order valence-electron chi connectivity index (χ4n) is 0.722. The van der Waals surface area contributed by atoms with E-state index in [-0.39, 0.29) is 0 Å². The Balaban J connectivity index is 2.79. The van der Waals surface area contributed by atoms with Crippen LogP contribution in [0.1, 0.15) is 13.3 Å². The molecule has 0 aromatic heterocycles. The van der Waals surface area contributed by atoms with Crippen molar-refractivity contribution in [3.63, 3.8) is 0 Å². The van der Waals surface area contributed by atoms with Crippen LogP contribution in [0.15, 0.2) is 35.3 Å². The van der Waals surface area contributed by atoms with Gasteiger partial charge in [-0.1, -0.05) is 25.1 Å². The Morgan fingerprint density at radius 2 is 2.00 bits per heavy atom. The van der Waals surface area contributed by atoms with E-state index in [2.05, 4.69) is 34.5 Å². The van der Waals surface area contributed by atoms with Crippen molar-refractivity contribution in [2.45, 2.75) is 13.3 Å². The van der Waals surface area contributed by atoms with E-state index < -0.39 is 0 Å². The van der Waals surface area contributed by atoms with Crippen molar-refractivity contribution in [1.29, 1.82) is 0 Å². The molecule has 0 radical (unpaired) electrons. The minimum absolute atomic E-state index is 1.01. The van der Waals surface area contributed by atoms with E-state index in [1.54, 1.807) is 0 Å². The van der Waals surface area contributed by atoms with Gasteiger partial charge in [-0.15, -0.1) is 0 Å². The van der Waals surface area contributed by atoms with E-state index in [0.717, 1.165) is 15.8 Å². The summed E-state index contributed by atoms with van der Waals surface area (Å²) in [6.45, 7) is 2.11. The minimum Gasteiger partial charge on any atom is -0.247 e. The molecule has 0 aliphatic carbocycles. The van der Waals surface area contributed by atoms with E-state index in [1.807, 2.05) is 30.3 Å². The van der Waals surface area contributed by atoms with Crippen LogP contribution in [-0.2, 0) is 0 Å². The van der Waals surface area contributed by atoms with Gasteiger partial charge in [0.25, 0.3) is 0 Å². The molecule has 0 fully saturated rings. The SMILES string of the molecule is CCC(I)=Nc1ccccc1. The third-order valence-corrected chi connectivity index (χ3v) is 2.30. The van der Waals surface area contributed by atoms with Crippen LogP contribution in [0.2, 0.25) is 0 Å². The predicted molar refractivity (Wildman–Crippen MR) is 57.8 cm³/mol. The van der Waals surface area contributed by atoms with Crippen molar-refractivity contribution in [1.82, 2.24) is 0 Å². The van der Waals surface area contributed by atoms with Crippen molar-refractivity contribution in [3.8, 4) is 0 Å². The van der Waals surface area contributed by atoms with Crippen molar-refractivity contribution >= 4 is 32.0 Å². The molecule has 0 saturated heterocycles. The molecule has 11 heavy (non-hydrogen) atoms. The van der Waals surface area contributed by atoms with Crippen LogP contribution < -0.4 is 0 Å². The summed E-state index contributed by atoms with van der Waals surface area (Å²) in [4.78, 5) is 4.38. The number of rotatable bonds is 2. The number of halogens is 1. The predicted octanol–water partition coefficient (Wildman–Crippen LogP) is 3.56. The highest BCUT2D eigenvalue weighted by Gasteiger charge is 1.88. The van der Waals surface area contributed by atoms with Gasteiger partial charge >= 0.3 is 0 Å². The molecule has 1 rings (SSSR count). The first kappa shape index (κ1) is 8.71. The first-order chi connectivity index (χ1) is 5.33. The second kappa shape index (κ2) is 4.49. The van der Waals surface area contributed by atoms with Gasteiger partial charge in [0.2, 0.25) is 0 Å². The summed E-state index contributed by atoms with van der Waals surface area (Å²) in [5.74, 6) is 0. The van der Waals surface area contributed by atoms with Gasteiger partial charge < -0.3 is 0 Å². The summed E-state index contributed by atoms with van der Waals surface area (Å²) >= 11 is 2.26. The monoisotopic (exact) mass is 259 g/mol. The molecule has 1 aromatic carbocycles. The first-order valence-corrected chi connectivity index (χ1v) is 4.69. The average molecular weight is 259 g/mol. The molecule has 0 N–H and O–H groups in total. The summed E-state index contributed by atoms with van der Waals surface area (Å²) < 4.78 is 1.15. The fraction of sp³-hybridized carbons (Fsp3) is 0.222. The lowest BCUT2D eigenvalue weighted by molar-refractivity contribution is 1.31. The largest absolute Gasteiger partial charge is 0.247 e. The quantitative estimate of drug-likeness (QED) is 0.568. The van der Waals surface area contributed by atoms with Gasteiger partial charge in [-0.05, 0) is 41.1 Å². The Bertz CT molecular complexity index is 241. The molecule has 0 aliphatic rings. The van der Waals surface area contributed by atoms with E-state index in [9.17, 15) is 0 Å². The molecule has 0 atom stereocenters. The maximum absolute atomic E-state index is 4.38. The van der Waals surface area contributed by atoms with Gasteiger partial charge in [0.1, 0.15) is 0 Å². The Morgan fingerprint density at radius 3 is 2.55 bits per heavy atom. The third-order valence-electron chi connectivity index (χ3n) is 1.30. The van der Waals surface area contributed by atoms with Gasteiger partial charge in [-0.2, -0.15) is 0 Å². The standard InChI is InChI=1S/C9H10IN/c1-2-9(10)11-8-6-4-3-5-7-8/h3-7H,2H2,1H3. The van der Waals surface area contributed by atoms with E-state index in [1.165, 1.54) is 0 Å². The second-order valence-electron chi connectivity index (χ2n) is 2.18. The number of aliphatic imine (C=N–C) groups is 1. The van der Waals surface area contributed by atoms with Gasteiger partial charge in [-0.25, -0.2) is 4.99 Å². The highest BCUT2D eigenvalue weighted by atomic mass is 127. The summed E-state index contributed by atoms with van der Waals surface area (Å²) in [5, 5.41) is 0. The van der Waals surface area contributed by atoms with Crippen LogP contribution >= 0.6 is 22.6 Å². The zero-order chi connectivity index (χ0) is 8.10. The van der Waals surface area contributed by atoms with Crippen molar-refractivity contribution in [2.75, 3.05) is 0 Å². The highest BCUT2D eigenvalue weighted by Crippen LogP contribution is 2.12. The molecule has 58 valence electrons. The molecular formula is C9H10IN. The molecule has 0 heterocycles. The second-order valence-corrected chi connectivity index (χ2v) is 3.42. The molecule has 0 unspecified atom stereocenters. The van der Waals surface area contributed by atoms with Crippen LogP contribution in [0.3, 0.4) is 0 Å². The fourth-order valence-corrected chi connectivity index (χ4v) is 1.00. The molecular weight excluding hydrogens is 249 g/mol. The van der Waals surface area contributed by atoms with E-state index >= 15 is 0 Å². The van der Waals surface area contributed by atoms with Crippen molar-refractivity contribution in [2.24, 2.45) is 4.99 Å². The van der Waals surface area contributed by atoms with Crippen LogP contribution in [0.5, 0.6) is 0 Å². The van der Waals surface area contributed by atoms with E-state index in [0.29, 0.717) is 0 Å². The smallest absolute Gasteiger partial charge is 0.0788 e. The third kappa shape index (κ3) is 3.01. The molecule has 0 aliphatic heterocycles. The molecule has 1 aromatic rings. The lowest BCUT2D eigenvalue weighted by atomic mass is 10.3. The van der Waals surface area contributed by atoms with Gasteiger partial charge in [0.15, 0.2) is 0 Å². The Labute approximate surface area is 80.7 Å². The molecule has 0 saturated carbocycles.